The lowest BCUT2D eigenvalue weighted by Crippen LogP contribution is -2.35. The van der Waals surface area contributed by atoms with E-state index in [1.54, 1.807) is 18.2 Å². The third-order valence-corrected chi connectivity index (χ3v) is 3.18. The molecule has 1 aromatic carbocycles. The highest BCUT2D eigenvalue weighted by atomic mass is 35.5. The Kier molecular flexibility index (Phi) is 6.94. The van der Waals surface area contributed by atoms with Crippen molar-refractivity contribution in [3.8, 4) is 11.5 Å². The number of hydrogen-bond donors (Lipinski definition) is 3. The number of ether oxygens (including phenoxy) is 2. The number of halogens is 1. The molecule has 0 radical (unpaired) electrons. The summed E-state index contributed by atoms with van der Waals surface area (Å²) in [6, 6.07) is 4.81. The van der Waals surface area contributed by atoms with Gasteiger partial charge in [0.05, 0.1) is 13.2 Å². The molecule has 7 nitrogen and oxygen atoms in total. The Morgan fingerprint density at radius 3 is 2.77 bits per heavy atom. The van der Waals surface area contributed by atoms with Gasteiger partial charge in [0.15, 0.2) is 18.1 Å². The maximum Gasteiger partial charge on any atom is 0.255 e. The maximum absolute atomic E-state index is 12.0. The smallest absolute Gasteiger partial charge is 0.255 e. The summed E-state index contributed by atoms with van der Waals surface area (Å²) in [6.45, 7) is 0.603. The van der Waals surface area contributed by atoms with E-state index in [9.17, 15) is 9.59 Å². The van der Waals surface area contributed by atoms with Crippen LogP contribution in [-0.2, 0) is 9.59 Å². The largest absolute Gasteiger partial charge is 0.493 e. The van der Waals surface area contributed by atoms with Gasteiger partial charge in [-0.05, 0) is 31.5 Å². The normalized spacial score (nSPS) is 16.5. The van der Waals surface area contributed by atoms with Crippen molar-refractivity contribution in [1.29, 1.82) is 0 Å². The number of nitrogens with one attached hydrogen (secondary N) is 2. The minimum absolute atomic E-state index is 0. The van der Waals surface area contributed by atoms with Crippen molar-refractivity contribution in [1.82, 2.24) is 5.32 Å². The molecule has 1 heterocycles. The fourth-order valence-corrected chi connectivity index (χ4v) is 2.15. The molecule has 22 heavy (non-hydrogen) atoms. The standard InChI is InChI=1S/C14H19N3O4.ClH/c1-20-11-5-4-9(7-12(11)21-8-13(15)18)17-14(19)10-3-2-6-16-10;/h4-5,7,10,16H,2-3,6,8H2,1H3,(H2,15,18)(H,17,19);1H. The van der Waals surface area contributed by atoms with Gasteiger partial charge in [0.25, 0.3) is 5.91 Å². The number of carbonyl (C=O) groups excluding carboxylic acids is 2. The molecule has 8 heteroatoms. The quantitative estimate of drug-likeness (QED) is 0.712. The minimum Gasteiger partial charge on any atom is -0.493 e. The Morgan fingerprint density at radius 1 is 1.41 bits per heavy atom. The fourth-order valence-electron chi connectivity index (χ4n) is 2.15. The molecule has 2 rings (SSSR count). The summed E-state index contributed by atoms with van der Waals surface area (Å²) < 4.78 is 10.4. The lowest BCUT2D eigenvalue weighted by molar-refractivity contribution is -0.120. The molecule has 122 valence electrons. The molecule has 1 saturated heterocycles. The lowest BCUT2D eigenvalue weighted by atomic mass is 10.2. The van der Waals surface area contributed by atoms with Crippen LogP contribution in [-0.4, -0.2) is 38.1 Å². The summed E-state index contributed by atoms with van der Waals surface area (Å²) in [4.78, 5) is 22.8. The molecule has 1 aromatic rings. The van der Waals surface area contributed by atoms with Gasteiger partial charge in [0, 0.05) is 11.8 Å². The third kappa shape index (κ3) is 4.78. The monoisotopic (exact) mass is 329 g/mol. The number of primary amides is 1. The van der Waals surface area contributed by atoms with Crippen molar-refractivity contribution in [3.05, 3.63) is 18.2 Å². The first-order chi connectivity index (χ1) is 10.1. The highest BCUT2D eigenvalue weighted by Crippen LogP contribution is 2.30. The number of amides is 2. The van der Waals surface area contributed by atoms with Crippen LogP contribution in [0.15, 0.2) is 18.2 Å². The van der Waals surface area contributed by atoms with Crippen molar-refractivity contribution < 1.29 is 19.1 Å². The first-order valence-electron chi connectivity index (χ1n) is 6.73. The Labute approximate surface area is 134 Å². The van der Waals surface area contributed by atoms with Crippen molar-refractivity contribution in [2.24, 2.45) is 5.73 Å². The van der Waals surface area contributed by atoms with Crippen molar-refractivity contribution in [3.63, 3.8) is 0 Å². The van der Waals surface area contributed by atoms with E-state index < -0.39 is 5.91 Å². The summed E-state index contributed by atoms with van der Waals surface area (Å²) in [7, 11) is 1.49. The number of carbonyl (C=O) groups is 2. The lowest BCUT2D eigenvalue weighted by Gasteiger charge is -2.14. The fraction of sp³-hybridized carbons (Fsp3) is 0.429. The van der Waals surface area contributed by atoms with Gasteiger partial charge in [-0.15, -0.1) is 12.4 Å². The van der Waals surface area contributed by atoms with E-state index >= 15 is 0 Å². The maximum atomic E-state index is 12.0. The molecule has 0 aliphatic carbocycles. The average molecular weight is 330 g/mol. The Bertz CT molecular complexity index is 533. The topological polar surface area (TPSA) is 103 Å². The summed E-state index contributed by atoms with van der Waals surface area (Å²) in [5.41, 5.74) is 5.63. The molecule has 0 saturated carbocycles. The number of benzene rings is 1. The van der Waals surface area contributed by atoms with Gasteiger partial charge in [0.2, 0.25) is 5.91 Å². The van der Waals surface area contributed by atoms with Gasteiger partial charge >= 0.3 is 0 Å². The predicted molar refractivity (Wildman–Crippen MR) is 84.6 cm³/mol. The van der Waals surface area contributed by atoms with Crippen LogP contribution in [0.1, 0.15) is 12.8 Å². The molecular formula is C14H20ClN3O4. The summed E-state index contributed by atoms with van der Waals surface area (Å²) in [5, 5.41) is 5.93. The second-order valence-electron chi connectivity index (χ2n) is 4.76. The number of rotatable bonds is 6. The van der Waals surface area contributed by atoms with Gasteiger partial charge in [-0.2, -0.15) is 0 Å². The molecule has 1 atom stereocenters. The highest BCUT2D eigenvalue weighted by molar-refractivity contribution is 5.95. The van der Waals surface area contributed by atoms with Crippen LogP contribution >= 0.6 is 12.4 Å². The second kappa shape index (κ2) is 8.45. The molecule has 0 spiro atoms. The van der Waals surface area contributed by atoms with Gasteiger partial charge < -0.3 is 25.8 Å². The SMILES string of the molecule is COc1ccc(NC(=O)C2CCCN2)cc1OCC(N)=O.Cl. The zero-order valence-corrected chi connectivity index (χ0v) is 13.1. The van der Waals surface area contributed by atoms with Crippen LogP contribution in [0.4, 0.5) is 5.69 Å². The van der Waals surface area contributed by atoms with Gasteiger partial charge in [-0.3, -0.25) is 9.59 Å². The number of anilines is 1. The second-order valence-corrected chi connectivity index (χ2v) is 4.76. The molecule has 1 fully saturated rings. The van der Waals surface area contributed by atoms with Crippen LogP contribution < -0.4 is 25.8 Å². The van der Waals surface area contributed by atoms with Crippen molar-refractivity contribution in [2.45, 2.75) is 18.9 Å². The van der Waals surface area contributed by atoms with Crippen LogP contribution in [0.2, 0.25) is 0 Å². The Balaban J connectivity index is 0.00000242. The first kappa shape index (κ1) is 18.1. The third-order valence-electron chi connectivity index (χ3n) is 3.18. The van der Waals surface area contributed by atoms with Crippen LogP contribution in [0.3, 0.4) is 0 Å². The van der Waals surface area contributed by atoms with Crippen LogP contribution in [0, 0.1) is 0 Å². The first-order valence-corrected chi connectivity index (χ1v) is 6.73. The van der Waals surface area contributed by atoms with Crippen LogP contribution in [0.25, 0.3) is 0 Å². The Morgan fingerprint density at radius 2 is 2.18 bits per heavy atom. The summed E-state index contributed by atoms with van der Waals surface area (Å²) in [5.74, 6) is 0.155. The molecule has 0 aromatic heterocycles. The van der Waals surface area contributed by atoms with Gasteiger partial charge in [-0.25, -0.2) is 0 Å². The molecular weight excluding hydrogens is 310 g/mol. The highest BCUT2D eigenvalue weighted by Gasteiger charge is 2.22. The van der Waals surface area contributed by atoms with Crippen LogP contribution in [0.5, 0.6) is 11.5 Å². The number of hydrogen-bond acceptors (Lipinski definition) is 5. The minimum atomic E-state index is -0.582. The molecule has 2 amide bonds. The van der Waals surface area contributed by atoms with E-state index in [-0.39, 0.29) is 31.0 Å². The molecule has 4 N–H and O–H groups in total. The van der Waals surface area contributed by atoms with E-state index in [4.69, 9.17) is 15.2 Å². The predicted octanol–water partition coefficient (Wildman–Crippen LogP) is 0.672. The van der Waals surface area contributed by atoms with Crippen molar-refractivity contribution in [2.75, 3.05) is 25.6 Å². The number of nitrogens with two attached hydrogens (primary N) is 1. The zero-order valence-electron chi connectivity index (χ0n) is 12.3. The number of methoxy groups -OCH3 is 1. The van der Waals surface area contributed by atoms with E-state index in [0.29, 0.717) is 17.2 Å². The Hall–Kier alpha value is -1.99. The zero-order chi connectivity index (χ0) is 15.2. The van der Waals surface area contributed by atoms with E-state index in [0.717, 1.165) is 19.4 Å². The molecule has 1 aliphatic heterocycles. The average Bonchev–Trinajstić information content (AvgIpc) is 2.99. The van der Waals surface area contributed by atoms with E-state index in [1.165, 1.54) is 7.11 Å². The van der Waals surface area contributed by atoms with Gasteiger partial charge in [0.1, 0.15) is 0 Å². The van der Waals surface area contributed by atoms with E-state index in [2.05, 4.69) is 10.6 Å². The van der Waals surface area contributed by atoms with Gasteiger partial charge in [-0.1, -0.05) is 0 Å². The summed E-state index contributed by atoms with van der Waals surface area (Å²) >= 11 is 0. The molecule has 1 unspecified atom stereocenters. The molecule has 0 bridgehead atoms. The van der Waals surface area contributed by atoms with E-state index in [1.807, 2.05) is 0 Å². The summed E-state index contributed by atoms with van der Waals surface area (Å²) in [6.07, 6.45) is 1.82. The van der Waals surface area contributed by atoms with Crippen molar-refractivity contribution >= 4 is 29.9 Å². The molecule has 1 aliphatic rings.